The average molecular weight is 340 g/mol. The van der Waals surface area contributed by atoms with Gasteiger partial charge in [0.15, 0.2) is 0 Å². The zero-order chi connectivity index (χ0) is 17.8. The number of amides is 1. The number of likely N-dealkylation sites (tertiary alicyclic amines) is 1. The van der Waals surface area contributed by atoms with Crippen molar-refractivity contribution in [3.63, 3.8) is 0 Å². The van der Waals surface area contributed by atoms with E-state index in [1.54, 1.807) is 0 Å². The standard InChI is InChI=1S/C21H28N2O2/c1-22(2)20-13-12-19(17-10-3-4-11-18(17)20)21(25)23-14-6-5-8-16(23)9-7-15-24/h3-4,10-13,16,24H,5-9,14-15H2,1-2H3. The number of carbonyl (C=O) groups is 1. The minimum atomic E-state index is 0.129. The van der Waals surface area contributed by atoms with Crippen LogP contribution in [-0.2, 0) is 0 Å². The van der Waals surface area contributed by atoms with Gasteiger partial charge in [0.05, 0.1) is 0 Å². The fourth-order valence-electron chi connectivity index (χ4n) is 3.91. The third kappa shape index (κ3) is 3.64. The molecule has 0 aliphatic carbocycles. The number of anilines is 1. The van der Waals surface area contributed by atoms with Gasteiger partial charge in [-0.05, 0) is 49.6 Å². The maximum Gasteiger partial charge on any atom is 0.254 e. The lowest BCUT2D eigenvalue weighted by Crippen LogP contribution is -2.43. The smallest absolute Gasteiger partial charge is 0.254 e. The van der Waals surface area contributed by atoms with E-state index in [1.165, 1.54) is 6.42 Å². The van der Waals surface area contributed by atoms with Gasteiger partial charge in [0.2, 0.25) is 0 Å². The molecule has 4 heteroatoms. The van der Waals surface area contributed by atoms with Crippen LogP contribution in [0.5, 0.6) is 0 Å². The quantitative estimate of drug-likeness (QED) is 0.903. The molecular weight excluding hydrogens is 312 g/mol. The maximum absolute atomic E-state index is 13.3. The molecule has 2 aromatic rings. The highest BCUT2D eigenvalue weighted by atomic mass is 16.3. The van der Waals surface area contributed by atoms with Gasteiger partial charge >= 0.3 is 0 Å². The van der Waals surface area contributed by atoms with Crippen LogP contribution in [0.15, 0.2) is 36.4 Å². The van der Waals surface area contributed by atoms with Crippen LogP contribution in [0, 0.1) is 0 Å². The Bertz CT molecular complexity index is 742. The molecule has 134 valence electrons. The van der Waals surface area contributed by atoms with Gasteiger partial charge in [-0.2, -0.15) is 0 Å². The summed E-state index contributed by atoms with van der Waals surface area (Å²) in [6.45, 7) is 1.01. The van der Waals surface area contributed by atoms with Gasteiger partial charge in [0, 0.05) is 49.9 Å². The van der Waals surface area contributed by atoms with E-state index in [-0.39, 0.29) is 18.6 Å². The molecule has 1 saturated heterocycles. The minimum absolute atomic E-state index is 0.129. The average Bonchev–Trinajstić information content (AvgIpc) is 2.65. The normalized spacial score (nSPS) is 17.7. The fourth-order valence-corrected chi connectivity index (χ4v) is 3.91. The zero-order valence-corrected chi connectivity index (χ0v) is 15.2. The SMILES string of the molecule is CN(C)c1ccc(C(=O)N2CCCCC2CCCO)c2ccccc12. The van der Waals surface area contributed by atoms with Crippen molar-refractivity contribution in [3.8, 4) is 0 Å². The van der Waals surface area contributed by atoms with Crippen LogP contribution < -0.4 is 4.90 Å². The first kappa shape index (κ1) is 17.7. The second-order valence-corrected chi connectivity index (χ2v) is 7.09. The van der Waals surface area contributed by atoms with E-state index in [1.807, 2.05) is 49.3 Å². The van der Waals surface area contributed by atoms with Gasteiger partial charge in [-0.15, -0.1) is 0 Å². The Balaban J connectivity index is 1.97. The summed E-state index contributed by atoms with van der Waals surface area (Å²) in [5.74, 6) is 0.129. The molecule has 1 heterocycles. The number of carbonyl (C=O) groups excluding carboxylic acids is 1. The molecule has 1 aliphatic heterocycles. The van der Waals surface area contributed by atoms with E-state index in [4.69, 9.17) is 5.11 Å². The van der Waals surface area contributed by atoms with Crippen molar-refractivity contribution in [2.24, 2.45) is 0 Å². The number of hydrogen-bond donors (Lipinski definition) is 1. The van der Waals surface area contributed by atoms with E-state index in [0.717, 1.165) is 54.3 Å². The Kier molecular flexibility index (Phi) is 5.59. The predicted octanol–water partition coefficient (Wildman–Crippen LogP) is 3.67. The molecule has 0 bridgehead atoms. The van der Waals surface area contributed by atoms with E-state index in [9.17, 15) is 4.79 Å². The van der Waals surface area contributed by atoms with E-state index in [0.29, 0.717) is 0 Å². The summed E-state index contributed by atoms with van der Waals surface area (Å²) in [6.07, 6.45) is 4.92. The highest BCUT2D eigenvalue weighted by Gasteiger charge is 2.28. The first-order valence-corrected chi connectivity index (χ1v) is 9.24. The Morgan fingerprint density at radius 1 is 1.16 bits per heavy atom. The molecule has 1 N–H and O–H groups in total. The highest BCUT2D eigenvalue weighted by Crippen LogP contribution is 2.31. The van der Waals surface area contributed by atoms with Crippen molar-refractivity contribution in [3.05, 3.63) is 42.0 Å². The number of benzene rings is 2. The second kappa shape index (κ2) is 7.87. The number of aliphatic hydroxyl groups is 1. The molecular formula is C21H28N2O2. The molecule has 25 heavy (non-hydrogen) atoms. The van der Waals surface area contributed by atoms with Crippen LogP contribution in [0.3, 0.4) is 0 Å². The molecule has 0 radical (unpaired) electrons. The molecule has 4 nitrogen and oxygen atoms in total. The molecule has 3 rings (SSSR count). The zero-order valence-electron chi connectivity index (χ0n) is 15.2. The monoisotopic (exact) mass is 340 g/mol. The van der Waals surface area contributed by atoms with E-state index in [2.05, 4.69) is 11.0 Å². The van der Waals surface area contributed by atoms with Crippen molar-refractivity contribution >= 4 is 22.4 Å². The molecule has 1 aliphatic rings. The summed E-state index contributed by atoms with van der Waals surface area (Å²) in [4.78, 5) is 17.4. The van der Waals surface area contributed by atoms with Crippen molar-refractivity contribution in [1.29, 1.82) is 0 Å². The molecule has 0 saturated carbocycles. The van der Waals surface area contributed by atoms with Crippen LogP contribution in [0.4, 0.5) is 5.69 Å². The van der Waals surface area contributed by atoms with Crippen LogP contribution in [-0.4, -0.2) is 49.2 Å². The van der Waals surface area contributed by atoms with E-state index >= 15 is 0 Å². The number of hydrogen-bond acceptors (Lipinski definition) is 3. The largest absolute Gasteiger partial charge is 0.396 e. The van der Waals surface area contributed by atoms with Crippen molar-refractivity contribution in [2.75, 3.05) is 32.1 Å². The first-order valence-electron chi connectivity index (χ1n) is 9.24. The summed E-state index contributed by atoms with van der Waals surface area (Å²) in [5.41, 5.74) is 1.92. The minimum Gasteiger partial charge on any atom is -0.396 e. The lowest BCUT2D eigenvalue weighted by Gasteiger charge is -2.36. The number of nitrogens with zero attached hydrogens (tertiary/aromatic N) is 2. The van der Waals surface area contributed by atoms with Gasteiger partial charge in [-0.1, -0.05) is 24.3 Å². The Morgan fingerprint density at radius 2 is 1.92 bits per heavy atom. The molecule has 2 aromatic carbocycles. The topological polar surface area (TPSA) is 43.8 Å². The lowest BCUT2D eigenvalue weighted by molar-refractivity contribution is 0.0592. The Hall–Kier alpha value is -2.07. The fraction of sp³-hybridized carbons (Fsp3) is 0.476. The molecule has 0 spiro atoms. The van der Waals surface area contributed by atoms with Gasteiger partial charge in [-0.25, -0.2) is 0 Å². The van der Waals surface area contributed by atoms with Gasteiger partial charge in [0.1, 0.15) is 0 Å². The first-order chi connectivity index (χ1) is 12.1. The summed E-state index contributed by atoms with van der Waals surface area (Å²) in [5, 5.41) is 11.3. The number of fused-ring (bicyclic) bond motifs is 1. The lowest BCUT2D eigenvalue weighted by atomic mass is 9.95. The van der Waals surface area contributed by atoms with Crippen molar-refractivity contribution in [1.82, 2.24) is 4.90 Å². The second-order valence-electron chi connectivity index (χ2n) is 7.09. The maximum atomic E-state index is 13.3. The predicted molar refractivity (Wildman–Crippen MR) is 103 cm³/mol. The molecule has 1 amide bonds. The van der Waals surface area contributed by atoms with Gasteiger partial charge < -0.3 is 14.9 Å². The van der Waals surface area contributed by atoms with Crippen LogP contribution in [0.2, 0.25) is 0 Å². The number of rotatable bonds is 5. The third-order valence-electron chi connectivity index (χ3n) is 5.20. The van der Waals surface area contributed by atoms with Gasteiger partial charge in [-0.3, -0.25) is 4.79 Å². The van der Waals surface area contributed by atoms with Gasteiger partial charge in [0.25, 0.3) is 5.91 Å². The van der Waals surface area contributed by atoms with Crippen molar-refractivity contribution in [2.45, 2.75) is 38.1 Å². The van der Waals surface area contributed by atoms with E-state index < -0.39 is 0 Å². The van der Waals surface area contributed by atoms with Crippen LogP contribution in [0.1, 0.15) is 42.5 Å². The molecule has 1 atom stereocenters. The summed E-state index contributed by atoms with van der Waals surface area (Å²) >= 11 is 0. The Morgan fingerprint density at radius 3 is 2.64 bits per heavy atom. The summed E-state index contributed by atoms with van der Waals surface area (Å²) < 4.78 is 0. The molecule has 1 fully saturated rings. The third-order valence-corrected chi connectivity index (χ3v) is 5.20. The van der Waals surface area contributed by atoms with Crippen LogP contribution >= 0.6 is 0 Å². The number of piperidine rings is 1. The number of aliphatic hydroxyl groups excluding tert-OH is 1. The molecule has 0 aromatic heterocycles. The summed E-state index contributed by atoms with van der Waals surface area (Å²) in [6, 6.07) is 12.4. The Labute approximate surface area is 150 Å². The van der Waals surface area contributed by atoms with Crippen molar-refractivity contribution < 1.29 is 9.90 Å². The highest BCUT2D eigenvalue weighted by molar-refractivity contribution is 6.10. The summed E-state index contributed by atoms with van der Waals surface area (Å²) in [7, 11) is 4.05. The van der Waals surface area contributed by atoms with Crippen LogP contribution in [0.25, 0.3) is 10.8 Å². The molecule has 1 unspecified atom stereocenters.